The van der Waals surface area contributed by atoms with Gasteiger partial charge in [-0.15, -0.1) is 0 Å². The normalized spacial score (nSPS) is 15.1. The van der Waals surface area contributed by atoms with Gasteiger partial charge < -0.3 is 10.3 Å². The lowest BCUT2D eigenvalue weighted by Crippen LogP contribution is -2.21. The van der Waals surface area contributed by atoms with Gasteiger partial charge in [-0.1, -0.05) is 6.42 Å². The van der Waals surface area contributed by atoms with Crippen molar-refractivity contribution in [2.24, 2.45) is 5.92 Å². The maximum Gasteiger partial charge on any atom is 0.258 e. The SMILES string of the molecule is O=C(CC1CCC1)Nc1cc2c(=O)[nH]cnc2cc1F. The fourth-order valence-corrected chi connectivity index (χ4v) is 2.35. The molecule has 0 saturated heterocycles. The zero-order valence-corrected chi connectivity index (χ0v) is 10.8. The number of carbonyl (C=O) groups is 1. The number of aromatic amines is 1. The van der Waals surface area contributed by atoms with Gasteiger partial charge in [-0.3, -0.25) is 9.59 Å². The van der Waals surface area contributed by atoms with E-state index in [1.807, 2.05) is 0 Å². The Morgan fingerprint density at radius 2 is 2.25 bits per heavy atom. The molecule has 20 heavy (non-hydrogen) atoms. The zero-order valence-electron chi connectivity index (χ0n) is 10.8. The largest absolute Gasteiger partial charge is 0.324 e. The standard InChI is InChI=1S/C14H14FN3O2/c15-10-6-11-9(14(20)17-7-16-11)5-12(10)18-13(19)4-8-2-1-3-8/h5-8H,1-4H2,(H,18,19)(H,16,17,20). The minimum absolute atomic E-state index is 0.0281. The number of benzene rings is 1. The van der Waals surface area contributed by atoms with Crippen LogP contribution < -0.4 is 10.9 Å². The van der Waals surface area contributed by atoms with E-state index in [4.69, 9.17) is 0 Å². The molecule has 1 heterocycles. The summed E-state index contributed by atoms with van der Waals surface area (Å²) in [6.07, 6.45) is 4.89. The lowest BCUT2D eigenvalue weighted by Gasteiger charge is -2.24. The van der Waals surface area contributed by atoms with E-state index in [2.05, 4.69) is 15.3 Å². The number of H-pyrrole nitrogens is 1. The van der Waals surface area contributed by atoms with Crippen LogP contribution in [-0.2, 0) is 4.79 Å². The average Bonchev–Trinajstić information content (AvgIpc) is 2.36. The first-order chi connectivity index (χ1) is 9.63. The fraction of sp³-hybridized carbons (Fsp3) is 0.357. The summed E-state index contributed by atoms with van der Waals surface area (Å²) in [5, 5.41) is 2.79. The molecule has 6 heteroatoms. The lowest BCUT2D eigenvalue weighted by molar-refractivity contribution is -0.117. The van der Waals surface area contributed by atoms with Gasteiger partial charge in [0, 0.05) is 12.5 Å². The number of rotatable bonds is 3. The van der Waals surface area contributed by atoms with Gasteiger partial charge in [0.15, 0.2) is 0 Å². The van der Waals surface area contributed by atoms with Crippen molar-refractivity contribution in [2.75, 3.05) is 5.32 Å². The van der Waals surface area contributed by atoms with Crippen molar-refractivity contribution in [3.8, 4) is 0 Å². The quantitative estimate of drug-likeness (QED) is 0.901. The van der Waals surface area contributed by atoms with Crippen molar-refractivity contribution in [3.63, 3.8) is 0 Å². The Morgan fingerprint density at radius 3 is 2.95 bits per heavy atom. The monoisotopic (exact) mass is 275 g/mol. The molecule has 0 bridgehead atoms. The molecule has 5 nitrogen and oxygen atoms in total. The highest BCUT2D eigenvalue weighted by Crippen LogP contribution is 2.30. The van der Waals surface area contributed by atoms with Gasteiger partial charge in [0.2, 0.25) is 5.91 Å². The summed E-state index contributed by atoms with van der Waals surface area (Å²) in [7, 11) is 0. The second kappa shape index (κ2) is 5.03. The summed E-state index contributed by atoms with van der Waals surface area (Å²) in [6.45, 7) is 0. The number of halogens is 1. The Morgan fingerprint density at radius 1 is 1.45 bits per heavy atom. The van der Waals surface area contributed by atoms with Crippen LogP contribution in [0.25, 0.3) is 10.9 Å². The number of nitrogens with one attached hydrogen (secondary N) is 2. The van der Waals surface area contributed by atoms with Crippen LogP contribution in [0.3, 0.4) is 0 Å². The zero-order chi connectivity index (χ0) is 14.1. The molecule has 0 aliphatic heterocycles. The molecule has 0 unspecified atom stereocenters. The van der Waals surface area contributed by atoms with E-state index >= 15 is 0 Å². The highest BCUT2D eigenvalue weighted by Gasteiger charge is 2.21. The number of aromatic nitrogens is 2. The number of carbonyl (C=O) groups excluding carboxylic acids is 1. The summed E-state index contributed by atoms with van der Waals surface area (Å²) in [4.78, 5) is 29.7. The highest BCUT2D eigenvalue weighted by atomic mass is 19.1. The van der Waals surface area contributed by atoms with Crippen molar-refractivity contribution < 1.29 is 9.18 Å². The molecule has 0 spiro atoms. The Kier molecular flexibility index (Phi) is 3.22. The molecule has 1 aliphatic rings. The van der Waals surface area contributed by atoms with Crippen LogP contribution in [0.15, 0.2) is 23.3 Å². The summed E-state index contributed by atoms with van der Waals surface area (Å²) < 4.78 is 13.9. The molecule has 1 aliphatic carbocycles. The maximum absolute atomic E-state index is 13.9. The second-order valence-electron chi connectivity index (χ2n) is 5.13. The van der Waals surface area contributed by atoms with Crippen LogP contribution >= 0.6 is 0 Å². The Bertz CT molecular complexity index is 722. The maximum atomic E-state index is 13.9. The Labute approximate surface area is 114 Å². The molecular weight excluding hydrogens is 261 g/mol. The molecule has 104 valence electrons. The van der Waals surface area contributed by atoms with Crippen LogP contribution in [0, 0.1) is 11.7 Å². The van der Waals surface area contributed by atoms with Crippen LogP contribution in [0.2, 0.25) is 0 Å². The topological polar surface area (TPSA) is 74.8 Å². The van der Waals surface area contributed by atoms with Gasteiger partial charge in [0.1, 0.15) is 5.82 Å². The van der Waals surface area contributed by atoms with E-state index in [1.54, 1.807) is 0 Å². The molecule has 3 rings (SSSR count). The first-order valence-corrected chi connectivity index (χ1v) is 6.60. The van der Waals surface area contributed by atoms with E-state index in [0.717, 1.165) is 25.3 Å². The van der Waals surface area contributed by atoms with Crippen molar-refractivity contribution >= 4 is 22.5 Å². The minimum Gasteiger partial charge on any atom is -0.324 e. The molecule has 0 atom stereocenters. The predicted octanol–water partition coefficient (Wildman–Crippen LogP) is 2.19. The fourth-order valence-electron chi connectivity index (χ4n) is 2.35. The number of hydrogen-bond acceptors (Lipinski definition) is 3. The van der Waals surface area contributed by atoms with Crippen LogP contribution in [0.5, 0.6) is 0 Å². The number of fused-ring (bicyclic) bond motifs is 1. The van der Waals surface area contributed by atoms with Crippen LogP contribution in [0.1, 0.15) is 25.7 Å². The number of anilines is 1. The van der Waals surface area contributed by atoms with Crippen molar-refractivity contribution in [3.05, 3.63) is 34.6 Å². The first-order valence-electron chi connectivity index (χ1n) is 6.60. The summed E-state index contributed by atoms with van der Waals surface area (Å²) in [5.74, 6) is -0.394. The summed E-state index contributed by atoms with van der Waals surface area (Å²) in [6, 6.07) is 2.48. The van der Waals surface area contributed by atoms with Gasteiger partial charge in [0.25, 0.3) is 5.56 Å². The minimum atomic E-state index is -0.586. The van der Waals surface area contributed by atoms with Gasteiger partial charge in [-0.05, 0) is 24.8 Å². The number of nitrogens with zero attached hydrogens (tertiary/aromatic N) is 1. The molecule has 1 aromatic carbocycles. The van der Waals surface area contributed by atoms with Crippen molar-refractivity contribution in [1.29, 1.82) is 0 Å². The molecule has 1 aromatic heterocycles. The molecule has 2 aromatic rings. The number of amides is 1. The molecule has 1 saturated carbocycles. The van der Waals surface area contributed by atoms with E-state index < -0.39 is 5.82 Å². The van der Waals surface area contributed by atoms with Gasteiger partial charge in [-0.25, -0.2) is 9.37 Å². The van der Waals surface area contributed by atoms with Gasteiger partial charge >= 0.3 is 0 Å². The Balaban J connectivity index is 1.86. The van der Waals surface area contributed by atoms with Crippen molar-refractivity contribution in [1.82, 2.24) is 9.97 Å². The van der Waals surface area contributed by atoms with E-state index in [0.29, 0.717) is 12.3 Å². The third-order valence-electron chi connectivity index (χ3n) is 3.70. The molecule has 1 amide bonds. The molecular formula is C14H14FN3O2. The van der Waals surface area contributed by atoms with Crippen LogP contribution in [-0.4, -0.2) is 15.9 Å². The highest BCUT2D eigenvalue weighted by molar-refractivity contribution is 5.93. The summed E-state index contributed by atoms with van der Waals surface area (Å²) >= 11 is 0. The molecule has 1 fully saturated rings. The summed E-state index contributed by atoms with van der Waals surface area (Å²) in [5.41, 5.74) is -0.0620. The first kappa shape index (κ1) is 12.8. The van der Waals surface area contributed by atoms with Crippen LogP contribution in [0.4, 0.5) is 10.1 Å². The molecule has 2 N–H and O–H groups in total. The van der Waals surface area contributed by atoms with Gasteiger partial charge in [-0.2, -0.15) is 0 Å². The Hall–Kier alpha value is -2.24. The molecule has 0 radical (unpaired) electrons. The van der Waals surface area contributed by atoms with E-state index in [1.165, 1.54) is 12.4 Å². The third-order valence-corrected chi connectivity index (χ3v) is 3.70. The second-order valence-corrected chi connectivity index (χ2v) is 5.13. The third kappa shape index (κ3) is 2.41. The van der Waals surface area contributed by atoms with Gasteiger partial charge in [0.05, 0.1) is 22.9 Å². The predicted molar refractivity (Wildman–Crippen MR) is 72.9 cm³/mol. The van der Waals surface area contributed by atoms with E-state index in [-0.39, 0.29) is 28.1 Å². The average molecular weight is 275 g/mol. The lowest BCUT2D eigenvalue weighted by atomic mass is 9.83. The smallest absolute Gasteiger partial charge is 0.258 e. The van der Waals surface area contributed by atoms with Crippen molar-refractivity contribution in [2.45, 2.75) is 25.7 Å². The number of hydrogen-bond donors (Lipinski definition) is 2. The van der Waals surface area contributed by atoms with E-state index in [9.17, 15) is 14.0 Å².